The third-order valence-corrected chi connectivity index (χ3v) is 9.07. The lowest BCUT2D eigenvalue weighted by molar-refractivity contribution is -0.895. The Labute approximate surface area is 205 Å². The maximum atomic E-state index is 13.0. The van der Waals surface area contributed by atoms with Gasteiger partial charge in [-0.25, -0.2) is 13.2 Å². The molecule has 0 radical (unpaired) electrons. The smallest absolute Gasteiger partial charge is 0.341 e. The van der Waals surface area contributed by atoms with Gasteiger partial charge in [0, 0.05) is 25.1 Å². The van der Waals surface area contributed by atoms with Crippen LogP contribution in [0.1, 0.15) is 64.8 Å². The van der Waals surface area contributed by atoms with Crippen LogP contribution in [0.2, 0.25) is 0 Å². The number of fused-ring (bicyclic) bond motifs is 1. The van der Waals surface area contributed by atoms with Gasteiger partial charge in [-0.1, -0.05) is 20.3 Å². The lowest BCUT2D eigenvalue weighted by Gasteiger charge is -2.20. The molecule has 1 atom stereocenters. The summed E-state index contributed by atoms with van der Waals surface area (Å²) in [6, 6.07) is 5.93. The van der Waals surface area contributed by atoms with Gasteiger partial charge in [0.2, 0.25) is 10.0 Å². The third-order valence-electron chi connectivity index (χ3n) is 5.93. The Morgan fingerprint density at radius 3 is 2.50 bits per heavy atom. The van der Waals surface area contributed by atoms with E-state index in [1.54, 1.807) is 6.92 Å². The molecule has 10 heteroatoms. The van der Waals surface area contributed by atoms with Crippen molar-refractivity contribution < 1.29 is 27.6 Å². The topological polar surface area (TPSA) is 97.2 Å². The number of unbranched alkanes of at least 4 members (excludes halogenated alkanes) is 1. The van der Waals surface area contributed by atoms with E-state index in [1.807, 2.05) is 13.8 Å². The molecule has 0 fully saturated rings. The predicted octanol–water partition coefficient (Wildman–Crippen LogP) is 2.56. The Morgan fingerprint density at radius 1 is 1.18 bits per heavy atom. The second-order valence-electron chi connectivity index (χ2n) is 8.39. The van der Waals surface area contributed by atoms with Crippen LogP contribution in [0.4, 0.5) is 5.00 Å². The summed E-state index contributed by atoms with van der Waals surface area (Å²) in [5.74, 6) is -0.824. The van der Waals surface area contributed by atoms with Crippen molar-refractivity contribution in [3.8, 4) is 0 Å². The number of nitrogens with one attached hydrogen (secondary N) is 2. The number of hydrogen-bond donors (Lipinski definition) is 2. The highest BCUT2D eigenvalue weighted by atomic mass is 32.2. The highest BCUT2D eigenvalue weighted by Crippen LogP contribution is 2.35. The summed E-state index contributed by atoms with van der Waals surface area (Å²) in [6.07, 6.45) is 2.45. The van der Waals surface area contributed by atoms with Crippen LogP contribution in [0.25, 0.3) is 0 Å². The molecule has 1 aliphatic rings. The fourth-order valence-corrected chi connectivity index (χ4v) is 6.85. The van der Waals surface area contributed by atoms with Crippen LogP contribution >= 0.6 is 11.3 Å². The average Bonchev–Trinajstić information content (AvgIpc) is 3.16. The predicted molar refractivity (Wildman–Crippen MR) is 133 cm³/mol. The van der Waals surface area contributed by atoms with E-state index in [1.165, 1.54) is 44.8 Å². The Bertz CT molecular complexity index is 1130. The minimum Gasteiger partial charge on any atom is -0.462 e. The number of esters is 1. The number of ether oxygens (including phenoxy) is 1. The molecule has 186 valence electrons. The molecule has 34 heavy (non-hydrogen) atoms. The van der Waals surface area contributed by atoms with Crippen molar-refractivity contribution in [1.82, 2.24) is 4.31 Å². The van der Waals surface area contributed by atoms with Gasteiger partial charge < -0.3 is 15.0 Å². The third kappa shape index (κ3) is 5.68. The van der Waals surface area contributed by atoms with Crippen LogP contribution in [0.3, 0.4) is 0 Å². The molecule has 1 aliphatic heterocycles. The molecule has 0 spiro atoms. The van der Waals surface area contributed by atoms with Gasteiger partial charge in [0.15, 0.2) is 0 Å². The molecule has 0 saturated heterocycles. The van der Waals surface area contributed by atoms with Crippen molar-refractivity contribution >= 4 is 38.2 Å². The number of amides is 1. The van der Waals surface area contributed by atoms with Crippen molar-refractivity contribution in [1.29, 1.82) is 0 Å². The molecule has 0 saturated carbocycles. The molecule has 3 rings (SSSR count). The SMILES string of the molecule is CCCCN(CC)S(=O)(=O)c1ccc(C(=O)Nc2sc3c(c2C(=O)OCC)CC[NH+](C)C3)cc1. The first-order valence-electron chi connectivity index (χ1n) is 11.8. The largest absolute Gasteiger partial charge is 0.462 e. The van der Waals surface area contributed by atoms with Gasteiger partial charge in [0.25, 0.3) is 5.91 Å². The van der Waals surface area contributed by atoms with E-state index in [9.17, 15) is 18.0 Å². The Morgan fingerprint density at radius 2 is 1.88 bits per heavy atom. The van der Waals surface area contributed by atoms with Gasteiger partial charge in [0.1, 0.15) is 11.5 Å². The van der Waals surface area contributed by atoms with Crippen LogP contribution in [-0.2, 0) is 27.7 Å². The van der Waals surface area contributed by atoms with E-state index in [-0.39, 0.29) is 11.5 Å². The maximum absolute atomic E-state index is 13.0. The number of sulfonamides is 1. The minimum absolute atomic E-state index is 0.159. The number of nitrogens with zero attached hydrogens (tertiary/aromatic N) is 1. The van der Waals surface area contributed by atoms with E-state index >= 15 is 0 Å². The number of rotatable bonds is 10. The maximum Gasteiger partial charge on any atom is 0.341 e. The first kappa shape index (κ1) is 26.3. The number of thiophene rings is 1. The Kier molecular flexibility index (Phi) is 8.86. The zero-order valence-corrected chi connectivity index (χ0v) is 21.9. The minimum atomic E-state index is -3.62. The molecule has 1 amide bonds. The second-order valence-corrected chi connectivity index (χ2v) is 11.4. The molecule has 1 unspecified atom stereocenters. The number of anilines is 1. The second kappa shape index (κ2) is 11.4. The van der Waals surface area contributed by atoms with E-state index in [4.69, 9.17) is 4.74 Å². The normalized spacial score (nSPS) is 15.7. The van der Waals surface area contributed by atoms with E-state index in [2.05, 4.69) is 12.4 Å². The van der Waals surface area contributed by atoms with Crippen LogP contribution in [0, 0.1) is 0 Å². The van der Waals surface area contributed by atoms with Gasteiger partial charge >= 0.3 is 5.97 Å². The van der Waals surface area contributed by atoms with Gasteiger partial charge in [-0.3, -0.25) is 4.79 Å². The van der Waals surface area contributed by atoms with Crippen molar-refractivity contribution in [2.45, 2.75) is 51.5 Å². The number of hydrogen-bond acceptors (Lipinski definition) is 6. The van der Waals surface area contributed by atoms with Crippen LogP contribution in [0.15, 0.2) is 29.2 Å². The van der Waals surface area contributed by atoms with Crippen molar-refractivity contribution in [3.63, 3.8) is 0 Å². The summed E-state index contributed by atoms with van der Waals surface area (Å²) in [5, 5.41) is 3.35. The van der Waals surface area contributed by atoms with Crippen molar-refractivity contribution in [3.05, 3.63) is 45.8 Å². The molecule has 1 aromatic carbocycles. The average molecular weight is 509 g/mol. The molecule has 2 heterocycles. The Balaban J connectivity index is 1.83. The fourth-order valence-electron chi connectivity index (χ4n) is 4.01. The van der Waals surface area contributed by atoms with Gasteiger partial charge in [-0.2, -0.15) is 4.31 Å². The van der Waals surface area contributed by atoms with E-state index in [0.717, 1.165) is 42.8 Å². The number of likely N-dealkylation sites (N-methyl/N-ethyl adjacent to an activating group) is 1. The molecule has 2 aromatic rings. The summed E-state index contributed by atoms with van der Waals surface area (Å²) < 4.78 is 32.6. The number of quaternary nitrogens is 1. The van der Waals surface area contributed by atoms with Gasteiger partial charge in [-0.05, 0) is 43.2 Å². The lowest BCUT2D eigenvalue weighted by Crippen LogP contribution is -3.08. The van der Waals surface area contributed by atoms with Crippen LogP contribution < -0.4 is 10.2 Å². The zero-order valence-electron chi connectivity index (χ0n) is 20.3. The van der Waals surface area contributed by atoms with E-state index in [0.29, 0.717) is 29.2 Å². The van der Waals surface area contributed by atoms with Gasteiger partial charge in [0.05, 0.1) is 35.5 Å². The lowest BCUT2D eigenvalue weighted by atomic mass is 10.0. The molecular weight excluding hydrogens is 474 g/mol. The fraction of sp³-hybridized carbons (Fsp3) is 0.500. The van der Waals surface area contributed by atoms with Crippen molar-refractivity contribution in [2.75, 3.05) is 38.6 Å². The highest BCUT2D eigenvalue weighted by Gasteiger charge is 2.30. The van der Waals surface area contributed by atoms with Crippen LogP contribution in [0.5, 0.6) is 0 Å². The first-order chi connectivity index (χ1) is 16.2. The molecule has 1 aromatic heterocycles. The standard InChI is InChI=1S/C24H33N3O5S2/c1-5-8-14-27(6-2)34(30,31)18-11-9-17(10-12-18)22(28)25-23-21(24(29)32-7-3)19-13-15-26(4)16-20(19)33-23/h9-12H,5-8,13-16H2,1-4H3,(H,25,28)/p+1. The zero-order chi connectivity index (χ0) is 24.9. The van der Waals surface area contributed by atoms with Crippen molar-refractivity contribution in [2.24, 2.45) is 0 Å². The van der Waals surface area contributed by atoms with Crippen LogP contribution in [-0.4, -0.2) is 57.9 Å². The quantitative estimate of drug-likeness (QED) is 0.481. The number of benzene rings is 1. The summed E-state index contributed by atoms with van der Waals surface area (Å²) in [6.45, 7) is 8.40. The summed E-state index contributed by atoms with van der Waals surface area (Å²) in [7, 11) is -1.52. The molecule has 0 aliphatic carbocycles. The van der Waals surface area contributed by atoms with E-state index < -0.39 is 21.9 Å². The monoisotopic (exact) mass is 508 g/mol. The molecular formula is C24H34N3O5S2+. The highest BCUT2D eigenvalue weighted by molar-refractivity contribution is 7.89. The number of carbonyl (C=O) groups is 2. The first-order valence-corrected chi connectivity index (χ1v) is 14.0. The molecule has 0 bridgehead atoms. The molecule has 2 N–H and O–H groups in total. The molecule has 8 nitrogen and oxygen atoms in total. The summed E-state index contributed by atoms with van der Waals surface area (Å²) >= 11 is 1.41. The van der Waals surface area contributed by atoms with Gasteiger partial charge in [-0.15, -0.1) is 11.3 Å². The summed E-state index contributed by atoms with van der Waals surface area (Å²) in [4.78, 5) is 28.3. The number of carbonyl (C=O) groups excluding carboxylic acids is 2. The summed E-state index contributed by atoms with van der Waals surface area (Å²) in [5.41, 5.74) is 1.72. The Hall–Kier alpha value is -2.27.